The van der Waals surface area contributed by atoms with Crippen molar-refractivity contribution in [3.63, 3.8) is 0 Å². The molecule has 0 radical (unpaired) electrons. The molecule has 284 valence electrons. The van der Waals surface area contributed by atoms with Gasteiger partial charge in [0.05, 0.1) is 16.7 Å². The van der Waals surface area contributed by atoms with E-state index in [0.29, 0.717) is 47.3 Å². The Morgan fingerprint density at radius 1 is 0.778 bits per heavy atom. The fourth-order valence-corrected chi connectivity index (χ4v) is 9.36. The third-order valence-corrected chi connectivity index (χ3v) is 12.4. The van der Waals surface area contributed by atoms with Crippen molar-refractivity contribution < 1.29 is 28.6 Å². The molecule has 0 aliphatic heterocycles. The molecule has 54 heavy (non-hydrogen) atoms. The minimum atomic E-state index is -0.611. The largest absolute Gasteiger partial charge is 0.459 e. The van der Waals surface area contributed by atoms with E-state index in [-0.39, 0.29) is 29.4 Å². The quantitative estimate of drug-likeness (QED) is 0.136. The molecule has 1 unspecified atom stereocenters. The van der Waals surface area contributed by atoms with Crippen LogP contribution in [0.4, 0.5) is 0 Å². The summed E-state index contributed by atoms with van der Waals surface area (Å²) in [5, 5.41) is 0. The van der Waals surface area contributed by atoms with Crippen molar-refractivity contribution in [1.29, 1.82) is 0 Å². The molecule has 3 aromatic rings. The zero-order chi connectivity index (χ0) is 38.2. The van der Waals surface area contributed by atoms with Gasteiger partial charge in [-0.3, -0.25) is 0 Å². The van der Waals surface area contributed by atoms with Crippen LogP contribution in [0.15, 0.2) is 126 Å². The van der Waals surface area contributed by atoms with Crippen molar-refractivity contribution >= 4 is 17.9 Å². The van der Waals surface area contributed by atoms with Gasteiger partial charge in [0, 0.05) is 12.8 Å². The standard InChI is InChI=1S/C48H56O6/c1-32(2)43(53-46(50)37-18-11-7-12-19-37)28-23-33(3)41-26-27-42-35(22-15-29-48(41,42)5)24-25-39-30-40(52-45(49)36-16-9-6-10-17-36)31-44(34(39)4)54-47(51)38-20-13-8-14-21-38/h6-14,16-21,24-25,32-33,40-44H,4,15,22-23,26-31H2,1-3,5H3/b35-24?,39-25-/t33-,40+,41-,42?,43-,44-,48-/m1/s1. The predicted octanol–water partition coefficient (Wildman–Crippen LogP) is 11.2. The van der Waals surface area contributed by atoms with Crippen LogP contribution in [0.5, 0.6) is 0 Å². The molecule has 7 atom stereocenters. The Hall–Kier alpha value is -4.71. The Balaban J connectivity index is 1.15. The Bertz CT molecular complexity index is 1830. The van der Waals surface area contributed by atoms with E-state index in [2.05, 4.69) is 46.4 Å². The lowest BCUT2D eigenvalue weighted by molar-refractivity contribution is 0.00206. The number of benzene rings is 3. The van der Waals surface area contributed by atoms with Crippen LogP contribution in [0.2, 0.25) is 0 Å². The monoisotopic (exact) mass is 728 g/mol. The zero-order valence-electron chi connectivity index (χ0n) is 32.4. The number of hydrogen-bond acceptors (Lipinski definition) is 6. The Kier molecular flexibility index (Phi) is 12.7. The lowest BCUT2D eigenvalue weighted by atomic mass is 9.60. The summed E-state index contributed by atoms with van der Waals surface area (Å²) >= 11 is 0. The summed E-state index contributed by atoms with van der Waals surface area (Å²) < 4.78 is 18.1. The van der Waals surface area contributed by atoms with Crippen LogP contribution >= 0.6 is 0 Å². The van der Waals surface area contributed by atoms with E-state index in [1.807, 2.05) is 66.7 Å². The highest BCUT2D eigenvalue weighted by molar-refractivity contribution is 5.90. The summed E-state index contributed by atoms with van der Waals surface area (Å²) in [6, 6.07) is 27.2. The van der Waals surface area contributed by atoms with Crippen LogP contribution in [0.1, 0.15) is 117 Å². The maximum Gasteiger partial charge on any atom is 0.338 e. The van der Waals surface area contributed by atoms with Crippen LogP contribution in [0.3, 0.4) is 0 Å². The molecule has 0 heterocycles. The van der Waals surface area contributed by atoms with Crippen LogP contribution in [-0.4, -0.2) is 36.2 Å². The second kappa shape index (κ2) is 17.6. The minimum absolute atomic E-state index is 0.117. The number of ether oxygens (including phenoxy) is 3. The number of esters is 3. The van der Waals surface area contributed by atoms with Crippen molar-refractivity contribution in [3.05, 3.63) is 143 Å². The van der Waals surface area contributed by atoms with Gasteiger partial charge in [-0.25, -0.2) is 14.4 Å². The number of carbonyl (C=O) groups is 3. The fraction of sp³-hybridized carbons (Fsp3) is 0.438. The molecular formula is C48H56O6. The molecule has 0 spiro atoms. The zero-order valence-corrected chi connectivity index (χ0v) is 32.4. The number of fused-ring (bicyclic) bond motifs is 1. The molecule has 0 amide bonds. The van der Waals surface area contributed by atoms with Gasteiger partial charge in [0.15, 0.2) is 0 Å². The van der Waals surface area contributed by atoms with E-state index < -0.39 is 18.2 Å². The summed E-state index contributed by atoms with van der Waals surface area (Å²) in [4.78, 5) is 39.2. The van der Waals surface area contributed by atoms with E-state index >= 15 is 0 Å². The van der Waals surface area contributed by atoms with Gasteiger partial charge in [-0.05, 0) is 122 Å². The minimum Gasteiger partial charge on any atom is -0.459 e. The highest BCUT2D eigenvalue weighted by Gasteiger charge is 2.50. The second-order valence-electron chi connectivity index (χ2n) is 16.3. The van der Waals surface area contributed by atoms with Gasteiger partial charge in [0.1, 0.15) is 18.3 Å². The molecule has 3 saturated carbocycles. The van der Waals surface area contributed by atoms with E-state index in [4.69, 9.17) is 14.2 Å². The molecule has 6 rings (SSSR count). The lowest BCUT2D eigenvalue weighted by Gasteiger charge is -2.44. The van der Waals surface area contributed by atoms with Gasteiger partial charge in [-0.2, -0.15) is 0 Å². The van der Waals surface area contributed by atoms with Crippen molar-refractivity contribution in [2.24, 2.45) is 29.1 Å². The van der Waals surface area contributed by atoms with Crippen LogP contribution in [0, 0.1) is 29.1 Å². The molecule has 3 aliphatic rings. The Morgan fingerprint density at radius 3 is 1.94 bits per heavy atom. The van der Waals surface area contributed by atoms with E-state index in [0.717, 1.165) is 43.3 Å². The van der Waals surface area contributed by atoms with Crippen LogP contribution < -0.4 is 0 Å². The predicted molar refractivity (Wildman–Crippen MR) is 213 cm³/mol. The van der Waals surface area contributed by atoms with Gasteiger partial charge in [0.25, 0.3) is 0 Å². The summed E-state index contributed by atoms with van der Waals surface area (Å²) in [5.74, 6) is 0.777. The molecule has 0 N–H and O–H groups in total. The molecule has 0 bridgehead atoms. The van der Waals surface area contributed by atoms with Crippen LogP contribution in [0.25, 0.3) is 0 Å². The van der Waals surface area contributed by atoms with Crippen molar-refractivity contribution in [2.75, 3.05) is 0 Å². The topological polar surface area (TPSA) is 78.9 Å². The molecule has 6 nitrogen and oxygen atoms in total. The molecule has 0 saturated heterocycles. The molecule has 0 aromatic heterocycles. The first-order chi connectivity index (χ1) is 26.0. The lowest BCUT2D eigenvalue weighted by Crippen LogP contribution is -2.36. The average Bonchev–Trinajstić information content (AvgIpc) is 3.55. The van der Waals surface area contributed by atoms with Crippen molar-refractivity contribution in [2.45, 2.75) is 104 Å². The second-order valence-corrected chi connectivity index (χ2v) is 16.3. The maximum absolute atomic E-state index is 13.2. The summed E-state index contributed by atoms with van der Waals surface area (Å²) in [6.45, 7) is 13.6. The molecule has 3 aliphatic carbocycles. The van der Waals surface area contributed by atoms with E-state index in [1.165, 1.54) is 18.4 Å². The summed E-state index contributed by atoms with van der Waals surface area (Å²) in [5.41, 5.74) is 4.94. The maximum atomic E-state index is 13.2. The highest BCUT2D eigenvalue weighted by Crippen LogP contribution is 2.60. The van der Waals surface area contributed by atoms with E-state index in [9.17, 15) is 14.4 Å². The van der Waals surface area contributed by atoms with Crippen molar-refractivity contribution in [3.8, 4) is 0 Å². The average molecular weight is 729 g/mol. The normalized spacial score (nSPS) is 26.6. The molecular weight excluding hydrogens is 673 g/mol. The van der Waals surface area contributed by atoms with Gasteiger partial charge in [0.2, 0.25) is 0 Å². The number of carbonyl (C=O) groups excluding carboxylic acids is 3. The van der Waals surface area contributed by atoms with E-state index in [1.54, 1.807) is 24.3 Å². The first kappa shape index (κ1) is 39.0. The third kappa shape index (κ3) is 9.14. The first-order valence-electron chi connectivity index (χ1n) is 19.9. The third-order valence-electron chi connectivity index (χ3n) is 12.4. The van der Waals surface area contributed by atoms with Gasteiger partial charge >= 0.3 is 17.9 Å². The number of rotatable bonds is 12. The molecule has 3 fully saturated rings. The van der Waals surface area contributed by atoms with Crippen molar-refractivity contribution in [1.82, 2.24) is 0 Å². The summed E-state index contributed by atoms with van der Waals surface area (Å²) in [6.07, 6.45) is 11.8. The Morgan fingerprint density at radius 2 is 1.35 bits per heavy atom. The molecule has 6 heteroatoms. The number of hydrogen-bond donors (Lipinski definition) is 0. The SMILES string of the molecule is C=C1/C(=C\C=C2CCC[C@@]3(C)C2CC[C@@H]3[C@H](C)CC[C@@H](OC(=O)c2ccccc2)C(C)C)C[C@H](OC(=O)c2ccccc2)C[C@H]1OC(=O)c1ccccc1. The summed E-state index contributed by atoms with van der Waals surface area (Å²) in [7, 11) is 0. The fourth-order valence-electron chi connectivity index (χ4n) is 9.36. The van der Waals surface area contributed by atoms with Crippen LogP contribution in [-0.2, 0) is 14.2 Å². The Labute approximate surface area is 321 Å². The van der Waals surface area contributed by atoms with Gasteiger partial charge < -0.3 is 14.2 Å². The highest BCUT2D eigenvalue weighted by atomic mass is 16.6. The first-order valence-corrected chi connectivity index (χ1v) is 19.9. The van der Waals surface area contributed by atoms with Gasteiger partial charge in [-0.15, -0.1) is 0 Å². The number of allylic oxidation sites excluding steroid dienone is 3. The molecule has 3 aromatic carbocycles. The smallest absolute Gasteiger partial charge is 0.338 e. The van der Waals surface area contributed by atoms with Gasteiger partial charge in [-0.1, -0.05) is 107 Å².